The molecule has 0 spiro atoms. The van der Waals surface area contributed by atoms with Crippen LogP contribution in [0.15, 0.2) is 59.4 Å². The van der Waals surface area contributed by atoms with Crippen LogP contribution < -0.4 is 10.9 Å². The third kappa shape index (κ3) is 4.08. The van der Waals surface area contributed by atoms with E-state index in [4.69, 9.17) is 0 Å². The number of hydrogen-bond acceptors (Lipinski definition) is 3. The molecule has 1 fully saturated rings. The van der Waals surface area contributed by atoms with E-state index in [9.17, 15) is 9.59 Å². The van der Waals surface area contributed by atoms with Crippen LogP contribution in [-0.4, -0.2) is 21.7 Å². The van der Waals surface area contributed by atoms with E-state index in [2.05, 4.69) is 22.5 Å². The Morgan fingerprint density at radius 1 is 1.00 bits per heavy atom. The number of nitrogens with zero attached hydrogens (tertiary/aromatic N) is 2. The Balaban J connectivity index is 1.55. The van der Waals surface area contributed by atoms with E-state index in [1.165, 1.54) is 17.2 Å². The highest BCUT2D eigenvalue weighted by atomic mass is 16.2. The summed E-state index contributed by atoms with van der Waals surface area (Å²) in [6.07, 6.45) is 5.58. The van der Waals surface area contributed by atoms with Crippen LogP contribution >= 0.6 is 0 Å². The lowest BCUT2D eigenvalue weighted by molar-refractivity contribution is -0.122. The Morgan fingerprint density at radius 2 is 1.78 bits per heavy atom. The van der Waals surface area contributed by atoms with Gasteiger partial charge >= 0.3 is 0 Å². The predicted molar refractivity (Wildman–Crippen MR) is 106 cm³/mol. The number of fused-ring (bicyclic) bond motifs is 1. The van der Waals surface area contributed by atoms with Crippen molar-refractivity contribution in [1.82, 2.24) is 15.1 Å². The van der Waals surface area contributed by atoms with Gasteiger partial charge in [0.1, 0.15) is 6.54 Å². The first-order valence-electron chi connectivity index (χ1n) is 9.56. The molecule has 0 atom stereocenters. The largest absolute Gasteiger partial charge is 0.352 e. The molecule has 1 aliphatic rings. The molecule has 5 heteroatoms. The lowest BCUT2D eigenvalue weighted by Crippen LogP contribution is -2.40. The summed E-state index contributed by atoms with van der Waals surface area (Å²) < 4.78 is 1.25. The van der Waals surface area contributed by atoms with Crippen molar-refractivity contribution in [2.24, 2.45) is 0 Å². The number of amides is 1. The third-order valence-corrected chi connectivity index (χ3v) is 5.18. The third-order valence-electron chi connectivity index (χ3n) is 5.18. The zero-order chi connectivity index (χ0) is 18.6. The number of carbonyl (C=O) groups is 1. The number of carbonyl (C=O) groups excluding carboxylic acids is 1. The van der Waals surface area contributed by atoms with Crippen LogP contribution in [0.4, 0.5) is 0 Å². The Morgan fingerprint density at radius 3 is 2.59 bits per heavy atom. The number of nitrogens with one attached hydrogen (secondary N) is 1. The zero-order valence-electron chi connectivity index (χ0n) is 15.2. The van der Waals surface area contributed by atoms with Gasteiger partial charge < -0.3 is 5.32 Å². The molecule has 1 N–H and O–H groups in total. The molecule has 0 radical (unpaired) electrons. The molecule has 1 heterocycles. The van der Waals surface area contributed by atoms with Gasteiger partial charge in [-0.05, 0) is 35.7 Å². The lowest BCUT2D eigenvalue weighted by atomic mass is 9.95. The SMILES string of the molecule is O=C(Cn1nc(-c2ccc3ccccc3c2)ccc1=O)NC1CCCCC1. The van der Waals surface area contributed by atoms with E-state index < -0.39 is 0 Å². The maximum Gasteiger partial charge on any atom is 0.267 e. The molecule has 1 amide bonds. The van der Waals surface area contributed by atoms with Gasteiger partial charge in [0.05, 0.1) is 5.69 Å². The summed E-state index contributed by atoms with van der Waals surface area (Å²) in [4.78, 5) is 24.5. The summed E-state index contributed by atoms with van der Waals surface area (Å²) in [7, 11) is 0. The average molecular weight is 361 g/mol. The molecule has 0 bridgehead atoms. The van der Waals surface area contributed by atoms with Crippen LogP contribution in [0, 0.1) is 0 Å². The molecule has 1 aliphatic carbocycles. The van der Waals surface area contributed by atoms with Gasteiger partial charge in [-0.25, -0.2) is 4.68 Å². The fourth-order valence-corrected chi connectivity index (χ4v) is 3.72. The Kier molecular flexibility index (Phi) is 5.01. The first kappa shape index (κ1) is 17.5. The van der Waals surface area contributed by atoms with Crippen LogP contribution in [0.2, 0.25) is 0 Å². The van der Waals surface area contributed by atoms with E-state index in [1.807, 2.05) is 30.3 Å². The molecule has 1 saturated carbocycles. The van der Waals surface area contributed by atoms with Crippen molar-refractivity contribution in [1.29, 1.82) is 0 Å². The predicted octanol–water partition coefficient (Wildman–Crippen LogP) is 3.51. The summed E-state index contributed by atoms with van der Waals surface area (Å²) in [6, 6.07) is 17.6. The second kappa shape index (κ2) is 7.74. The van der Waals surface area contributed by atoms with E-state index >= 15 is 0 Å². The van der Waals surface area contributed by atoms with Gasteiger partial charge in [-0.15, -0.1) is 0 Å². The van der Waals surface area contributed by atoms with Crippen LogP contribution in [-0.2, 0) is 11.3 Å². The number of aromatic nitrogens is 2. The van der Waals surface area contributed by atoms with Crippen LogP contribution in [0.3, 0.4) is 0 Å². The summed E-state index contributed by atoms with van der Waals surface area (Å²) >= 11 is 0. The molecule has 27 heavy (non-hydrogen) atoms. The van der Waals surface area contributed by atoms with Crippen molar-refractivity contribution in [2.75, 3.05) is 0 Å². The zero-order valence-corrected chi connectivity index (χ0v) is 15.2. The van der Waals surface area contributed by atoms with Gasteiger partial charge in [0, 0.05) is 17.7 Å². The molecular weight excluding hydrogens is 338 g/mol. The van der Waals surface area contributed by atoms with Crippen molar-refractivity contribution < 1.29 is 4.79 Å². The number of hydrogen-bond donors (Lipinski definition) is 1. The molecule has 2 aromatic carbocycles. The first-order valence-corrected chi connectivity index (χ1v) is 9.56. The van der Waals surface area contributed by atoms with Gasteiger partial charge in [0.25, 0.3) is 5.56 Å². The van der Waals surface area contributed by atoms with Crippen molar-refractivity contribution >= 4 is 16.7 Å². The van der Waals surface area contributed by atoms with E-state index in [0.717, 1.165) is 42.0 Å². The fraction of sp³-hybridized carbons (Fsp3) is 0.318. The Hall–Kier alpha value is -2.95. The Labute approximate surface area is 158 Å². The number of benzene rings is 2. The van der Waals surface area contributed by atoms with E-state index in [1.54, 1.807) is 6.07 Å². The van der Waals surface area contributed by atoms with Crippen LogP contribution in [0.1, 0.15) is 32.1 Å². The number of rotatable bonds is 4. The van der Waals surface area contributed by atoms with Crippen molar-refractivity contribution in [3.05, 3.63) is 65.0 Å². The summed E-state index contributed by atoms with van der Waals surface area (Å²) in [5.74, 6) is -0.146. The van der Waals surface area contributed by atoms with Gasteiger partial charge in [-0.3, -0.25) is 9.59 Å². The highest BCUT2D eigenvalue weighted by molar-refractivity contribution is 5.86. The van der Waals surface area contributed by atoms with Crippen molar-refractivity contribution in [2.45, 2.75) is 44.7 Å². The molecular formula is C22H23N3O2. The minimum atomic E-state index is -0.265. The van der Waals surface area contributed by atoms with Crippen LogP contribution in [0.5, 0.6) is 0 Å². The van der Waals surface area contributed by atoms with E-state index in [-0.39, 0.29) is 24.1 Å². The molecule has 138 valence electrons. The molecule has 0 aliphatic heterocycles. The quantitative estimate of drug-likeness (QED) is 0.773. The second-order valence-corrected chi connectivity index (χ2v) is 7.18. The monoisotopic (exact) mass is 361 g/mol. The average Bonchev–Trinajstić information content (AvgIpc) is 2.70. The van der Waals surface area contributed by atoms with Crippen LogP contribution in [0.25, 0.3) is 22.0 Å². The normalized spacial score (nSPS) is 15.0. The minimum absolute atomic E-state index is 0.0449. The fourth-order valence-electron chi connectivity index (χ4n) is 3.72. The minimum Gasteiger partial charge on any atom is -0.352 e. The van der Waals surface area contributed by atoms with Gasteiger partial charge in [-0.2, -0.15) is 5.10 Å². The molecule has 0 unspecified atom stereocenters. The smallest absolute Gasteiger partial charge is 0.267 e. The molecule has 3 aromatic rings. The summed E-state index contributed by atoms with van der Waals surface area (Å²) in [6.45, 7) is -0.0449. The van der Waals surface area contributed by atoms with Gasteiger partial charge in [-0.1, -0.05) is 55.7 Å². The Bertz CT molecular complexity index is 1020. The molecule has 1 aromatic heterocycles. The maximum absolute atomic E-state index is 12.3. The summed E-state index contributed by atoms with van der Waals surface area (Å²) in [5, 5.41) is 9.73. The van der Waals surface area contributed by atoms with E-state index in [0.29, 0.717) is 5.69 Å². The van der Waals surface area contributed by atoms with Crippen molar-refractivity contribution in [3.8, 4) is 11.3 Å². The lowest BCUT2D eigenvalue weighted by Gasteiger charge is -2.22. The van der Waals surface area contributed by atoms with Gasteiger partial charge in [0.2, 0.25) is 5.91 Å². The molecule has 4 rings (SSSR count). The first-order chi connectivity index (χ1) is 13.2. The standard InChI is InChI=1S/C22H23N3O2/c26-21(23-19-8-2-1-3-9-19)15-25-22(27)13-12-20(24-25)18-11-10-16-6-4-5-7-17(16)14-18/h4-7,10-14,19H,1-3,8-9,15H2,(H,23,26). The summed E-state index contributed by atoms with van der Waals surface area (Å²) in [5.41, 5.74) is 1.35. The molecule has 5 nitrogen and oxygen atoms in total. The highest BCUT2D eigenvalue weighted by Crippen LogP contribution is 2.22. The second-order valence-electron chi connectivity index (χ2n) is 7.18. The maximum atomic E-state index is 12.3. The van der Waals surface area contributed by atoms with Gasteiger partial charge in [0.15, 0.2) is 0 Å². The topological polar surface area (TPSA) is 64.0 Å². The van der Waals surface area contributed by atoms with Crippen molar-refractivity contribution in [3.63, 3.8) is 0 Å². The molecule has 0 saturated heterocycles. The highest BCUT2D eigenvalue weighted by Gasteiger charge is 2.16.